The van der Waals surface area contributed by atoms with E-state index in [4.69, 9.17) is 21.1 Å². The van der Waals surface area contributed by atoms with E-state index in [0.717, 1.165) is 16.9 Å². The van der Waals surface area contributed by atoms with E-state index >= 15 is 0 Å². The summed E-state index contributed by atoms with van der Waals surface area (Å²) in [6.45, 7) is 1.99. The van der Waals surface area contributed by atoms with E-state index in [9.17, 15) is 13.2 Å². The Hall–Kier alpha value is -3.23. The predicted molar refractivity (Wildman–Crippen MR) is 124 cm³/mol. The Kier molecular flexibility index (Phi) is 7.61. The van der Waals surface area contributed by atoms with Crippen molar-refractivity contribution < 1.29 is 22.7 Å². The lowest BCUT2D eigenvalue weighted by atomic mass is 10.2. The molecule has 0 radical (unpaired) electrons. The zero-order chi connectivity index (χ0) is 23.1. The number of anilines is 1. The van der Waals surface area contributed by atoms with Gasteiger partial charge in [0.2, 0.25) is 0 Å². The first-order chi connectivity index (χ1) is 15.3. The molecule has 0 atom stereocenters. The molecule has 1 amide bonds. The highest BCUT2D eigenvalue weighted by Crippen LogP contribution is 2.28. The maximum atomic E-state index is 12.6. The van der Waals surface area contributed by atoms with Crippen molar-refractivity contribution in [1.29, 1.82) is 0 Å². The Morgan fingerprint density at radius 3 is 2.31 bits per heavy atom. The summed E-state index contributed by atoms with van der Waals surface area (Å²) >= 11 is 6.18. The van der Waals surface area contributed by atoms with Crippen molar-refractivity contribution in [2.75, 3.05) is 18.4 Å². The van der Waals surface area contributed by atoms with Gasteiger partial charge in [-0.1, -0.05) is 41.4 Å². The minimum absolute atomic E-state index is 0.0145. The molecule has 2 N–H and O–H groups in total. The molecule has 7 nitrogen and oxygen atoms in total. The van der Waals surface area contributed by atoms with Gasteiger partial charge in [0, 0.05) is 12.2 Å². The number of halogens is 1. The van der Waals surface area contributed by atoms with Crippen LogP contribution in [0.5, 0.6) is 11.5 Å². The number of aryl methyl sites for hydroxylation is 1. The Labute approximate surface area is 192 Å². The largest absolute Gasteiger partial charge is 0.497 e. The third kappa shape index (κ3) is 6.38. The molecule has 168 valence electrons. The summed E-state index contributed by atoms with van der Waals surface area (Å²) in [5, 5.41) is 2.82. The van der Waals surface area contributed by atoms with Crippen LogP contribution < -0.4 is 19.5 Å². The van der Waals surface area contributed by atoms with Crippen molar-refractivity contribution in [2.24, 2.45) is 0 Å². The van der Waals surface area contributed by atoms with Crippen molar-refractivity contribution >= 4 is 33.2 Å². The van der Waals surface area contributed by atoms with Gasteiger partial charge < -0.3 is 14.8 Å². The summed E-state index contributed by atoms with van der Waals surface area (Å²) in [6, 6.07) is 18.3. The fourth-order valence-corrected chi connectivity index (χ4v) is 4.12. The third-order valence-corrected chi connectivity index (χ3v) is 6.20. The SMILES string of the molecule is COc1ccc(CNC(=O)COc2ccc(S(=O)(=O)Nc3ccc(C)cc3)cc2Cl)cc1. The highest BCUT2D eigenvalue weighted by molar-refractivity contribution is 7.92. The van der Waals surface area contributed by atoms with E-state index in [-0.39, 0.29) is 28.2 Å². The van der Waals surface area contributed by atoms with Crippen molar-refractivity contribution in [3.63, 3.8) is 0 Å². The minimum atomic E-state index is -3.82. The lowest BCUT2D eigenvalue weighted by Crippen LogP contribution is -2.28. The first kappa shape index (κ1) is 23.4. The Morgan fingerprint density at radius 2 is 1.69 bits per heavy atom. The number of amides is 1. The zero-order valence-electron chi connectivity index (χ0n) is 17.6. The van der Waals surface area contributed by atoms with Crippen LogP contribution in [0.1, 0.15) is 11.1 Å². The van der Waals surface area contributed by atoms with Crippen LogP contribution in [0.3, 0.4) is 0 Å². The van der Waals surface area contributed by atoms with Crippen LogP contribution in [0.25, 0.3) is 0 Å². The summed E-state index contributed by atoms with van der Waals surface area (Å²) in [5.74, 6) is 0.604. The smallest absolute Gasteiger partial charge is 0.261 e. The van der Waals surface area contributed by atoms with Crippen LogP contribution >= 0.6 is 11.6 Å². The first-order valence-corrected chi connectivity index (χ1v) is 11.5. The van der Waals surface area contributed by atoms with Crippen molar-refractivity contribution in [1.82, 2.24) is 5.32 Å². The molecule has 0 fully saturated rings. The Morgan fingerprint density at radius 1 is 1.00 bits per heavy atom. The molecule has 0 aliphatic heterocycles. The molecule has 0 saturated carbocycles. The predicted octanol–water partition coefficient (Wildman–Crippen LogP) is 4.15. The average Bonchev–Trinajstić information content (AvgIpc) is 2.78. The molecule has 0 unspecified atom stereocenters. The van der Waals surface area contributed by atoms with Gasteiger partial charge in [-0.25, -0.2) is 8.42 Å². The van der Waals surface area contributed by atoms with Crippen LogP contribution in [0.15, 0.2) is 71.6 Å². The molecule has 0 heterocycles. The summed E-state index contributed by atoms with van der Waals surface area (Å²) in [4.78, 5) is 12.1. The lowest BCUT2D eigenvalue weighted by Gasteiger charge is -2.12. The maximum Gasteiger partial charge on any atom is 0.261 e. The number of methoxy groups -OCH3 is 1. The summed E-state index contributed by atoms with van der Waals surface area (Å²) < 4.78 is 38.2. The van der Waals surface area contributed by atoms with E-state index in [2.05, 4.69) is 10.0 Å². The quantitative estimate of drug-likeness (QED) is 0.486. The van der Waals surface area contributed by atoms with Gasteiger partial charge >= 0.3 is 0 Å². The second kappa shape index (κ2) is 10.4. The zero-order valence-corrected chi connectivity index (χ0v) is 19.2. The van der Waals surface area contributed by atoms with E-state index < -0.39 is 10.0 Å². The highest BCUT2D eigenvalue weighted by Gasteiger charge is 2.17. The van der Waals surface area contributed by atoms with Crippen LogP contribution in [-0.2, 0) is 21.4 Å². The lowest BCUT2D eigenvalue weighted by molar-refractivity contribution is -0.123. The van der Waals surface area contributed by atoms with E-state index in [1.807, 2.05) is 31.2 Å². The molecular weight excluding hydrogens is 452 g/mol. The number of rotatable bonds is 9. The number of benzene rings is 3. The Balaban J connectivity index is 1.56. The second-order valence-corrected chi connectivity index (χ2v) is 9.07. The molecule has 0 spiro atoms. The monoisotopic (exact) mass is 474 g/mol. The highest BCUT2D eigenvalue weighted by atomic mass is 35.5. The van der Waals surface area contributed by atoms with Gasteiger partial charge in [-0.3, -0.25) is 9.52 Å². The molecule has 3 rings (SSSR count). The van der Waals surface area contributed by atoms with Gasteiger partial charge in [-0.2, -0.15) is 0 Å². The van der Waals surface area contributed by atoms with Gasteiger partial charge in [-0.15, -0.1) is 0 Å². The van der Waals surface area contributed by atoms with Gasteiger partial charge in [0.25, 0.3) is 15.9 Å². The second-order valence-electron chi connectivity index (χ2n) is 6.98. The van der Waals surface area contributed by atoms with E-state index in [0.29, 0.717) is 12.2 Å². The summed E-state index contributed by atoms with van der Waals surface area (Å²) in [5.41, 5.74) is 2.37. The summed E-state index contributed by atoms with van der Waals surface area (Å²) in [7, 11) is -2.23. The molecule has 0 aromatic heterocycles. The molecule has 9 heteroatoms. The molecular formula is C23H23ClN2O5S. The number of nitrogens with one attached hydrogen (secondary N) is 2. The fraction of sp³-hybridized carbons (Fsp3) is 0.174. The average molecular weight is 475 g/mol. The first-order valence-electron chi connectivity index (χ1n) is 9.68. The van der Waals surface area contributed by atoms with E-state index in [1.54, 1.807) is 31.4 Å². The fourth-order valence-electron chi connectivity index (χ4n) is 2.74. The van der Waals surface area contributed by atoms with Gasteiger partial charge in [0.05, 0.1) is 17.0 Å². The van der Waals surface area contributed by atoms with Crippen LogP contribution in [0.4, 0.5) is 5.69 Å². The van der Waals surface area contributed by atoms with Crippen molar-refractivity contribution in [3.05, 3.63) is 82.9 Å². The number of carbonyl (C=O) groups excluding carboxylic acids is 1. The van der Waals surface area contributed by atoms with Crippen LogP contribution in [-0.4, -0.2) is 28.0 Å². The van der Waals surface area contributed by atoms with Crippen LogP contribution in [0.2, 0.25) is 5.02 Å². The normalized spacial score (nSPS) is 11.0. The standard InChI is InChI=1S/C23H23ClN2O5S/c1-16-3-7-18(8-4-16)26-32(28,29)20-11-12-22(21(24)13-20)31-15-23(27)25-14-17-5-9-19(30-2)10-6-17/h3-13,26H,14-15H2,1-2H3,(H,25,27). The summed E-state index contributed by atoms with van der Waals surface area (Å²) in [6.07, 6.45) is 0. The van der Waals surface area contributed by atoms with Crippen molar-refractivity contribution in [3.8, 4) is 11.5 Å². The third-order valence-electron chi connectivity index (χ3n) is 4.52. The van der Waals surface area contributed by atoms with Crippen molar-refractivity contribution in [2.45, 2.75) is 18.4 Å². The molecule has 3 aromatic carbocycles. The number of carbonyl (C=O) groups is 1. The molecule has 0 aliphatic carbocycles. The van der Waals surface area contributed by atoms with Crippen LogP contribution in [0, 0.1) is 6.92 Å². The topological polar surface area (TPSA) is 93.7 Å². The maximum absolute atomic E-state index is 12.6. The Bertz CT molecular complexity index is 1180. The molecule has 0 saturated heterocycles. The van der Waals surface area contributed by atoms with E-state index in [1.165, 1.54) is 18.2 Å². The van der Waals surface area contributed by atoms with Gasteiger partial charge in [0.15, 0.2) is 6.61 Å². The van der Waals surface area contributed by atoms with Gasteiger partial charge in [0.1, 0.15) is 11.5 Å². The molecule has 32 heavy (non-hydrogen) atoms. The molecule has 0 bridgehead atoms. The minimum Gasteiger partial charge on any atom is -0.497 e. The number of sulfonamides is 1. The molecule has 0 aliphatic rings. The number of hydrogen-bond donors (Lipinski definition) is 2. The number of ether oxygens (including phenoxy) is 2. The van der Waals surface area contributed by atoms with Gasteiger partial charge in [-0.05, 0) is 55.0 Å². The number of hydrogen-bond acceptors (Lipinski definition) is 5. The molecule has 3 aromatic rings.